The van der Waals surface area contributed by atoms with E-state index in [-0.39, 0.29) is 18.1 Å². The van der Waals surface area contributed by atoms with E-state index in [1.165, 1.54) is 9.13 Å². The van der Waals surface area contributed by atoms with Crippen LogP contribution in [0.3, 0.4) is 0 Å². The van der Waals surface area contributed by atoms with Crippen molar-refractivity contribution in [3.8, 4) is 0 Å². The third kappa shape index (κ3) is 4.13. The molecule has 0 aliphatic carbocycles. The van der Waals surface area contributed by atoms with Crippen molar-refractivity contribution in [1.82, 2.24) is 15.1 Å². The second kappa shape index (κ2) is 7.09. The first-order valence-corrected chi connectivity index (χ1v) is 10.3. The molecule has 2 aliphatic rings. The first-order valence-electron chi connectivity index (χ1n) is 9.23. The highest BCUT2D eigenvalue weighted by Crippen LogP contribution is 2.38. The number of aromatic nitrogens is 2. The highest BCUT2D eigenvalue weighted by atomic mass is 127. The summed E-state index contributed by atoms with van der Waals surface area (Å²) in [7, 11) is 0. The fraction of sp³-hybridized carbons (Fsp3) is 0.500. The average molecular weight is 481 g/mol. The molecule has 1 aromatic carbocycles. The fourth-order valence-corrected chi connectivity index (χ4v) is 3.88. The lowest BCUT2D eigenvalue weighted by molar-refractivity contribution is 0.0223. The van der Waals surface area contributed by atoms with Gasteiger partial charge in [0.25, 0.3) is 0 Å². The topological polar surface area (TPSA) is 70.8 Å². The van der Waals surface area contributed by atoms with Gasteiger partial charge < -0.3 is 14.4 Å². The number of halogens is 1. The van der Waals surface area contributed by atoms with E-state index in [1.54, 1.807) is 4.90 Å². The van der Waals surface area contributed by atoms with E-state index in [2.05, 4.69) is 57.1 Å². The summed E-state index contributed by atoms with van der Waals surface area (Å²) >= 11 is 2.31. The molecule has 0 radical (unpaired) electrons. The van der Waals surface area contributed by atoms with E-state index >= 15 is 0 Å². The highest BCUT2D eigenvalue weighted by Gasteiger charge is 2.40. The van der Waals surface area contributed by atoms with E-state index in [9.17, 15) is 4.79 Å². The van der Waals surface area contributed by atoms with E-state index in [0.29, 0.717) is 13.1 Å². The van der Waals surface area contributed by atoms with Crippen LogP contribution in [0.2, 0.25) is 0 Å². The summed E-state index contributed by atoms with van der Waals surface area (Å²) in [6.07, 6.45) is 0.634. The van der Waals surface area contributed by atoms with Crippen LogP contribution in [0.15, 0.2) is 24.3 Å². The quantitative estimate of drug-likeness (QED) is 0.535. The number of nitrogens with zero attached hydrogens (tertiary/aromatic N) is 2. The third-order valence-corrected chi connectivity index (χ3v) is 5.59. The van der Waals surface area contributed by atoms with Crippen LogP contribution >= 0.6 is 22.6 Å². The number of nitrogens with one attached hydrogen (secondary N) is 1. The fourth-order valence-electron chi connectivity index (χ4n) is 3.52. The Morgan fingerprint density at radius 2 is 2.07 bits per heavy atom. The number of rotatable bonds is 3. The number of benzene rings is 1. The minimum absolute atomic E-state index is 0.0839. The summed E-state index contributed by atoms with van der Waals surface area (Å²) in [5.74, 6) is 0.0839. The summed E-state index contributed by atoms with van der Waals surface area (Å²) in [5, 5.41) is 7.83. The standard InChI is InChI=1S/C20H24IN3O3/c1-20(2,3)27-19(25)24-9-8-15-14(10-24)18(23-22-15)17(16-11-26-16)12-4-6-13(21)7-5-12/h4-7,16-17H,8-11H2,1-3H3,(H,22,23). The van der Waals surface area contributed by atoms with Gasteiger partial charge in [-0.3, -0.25) is 5.10 Å². The van der Waals surface area contributed by atoms with Gasteiger partial charge in [-0.15, -0.1) is 0 Å². The highest BCUT2D eigenvalue weighted by molar-refractivity contribution is 14.1. The Bertz CT molecular complexity index is 837. The van der Waals surface area contributed by atoms with Crippen molar-refractivity contribution >= 4 is 28.7 Å². The summed E-state index contributed by atoms with van der Waals surface area (Å²) in [6, 6.07) is 8.50. The monoisotopic (exact) mass is 481 g/mol. The van der Waals surface area contributed by atoms with Gasteiger partial charge in [0.15, 0.2) is 0 Å². The molecule has 1 amide bonds. The lowest BCUT2D eigenvalue weighted by atomic mass is 9.89. The molecule has 2 unspecified atom stereocenters. The van der Waals surface area contributed by atoms with Gasteiger partial charge >= 0.3 is 6.09 Å². The van der Waals surface area contributed by atoms with Crippen molar-refractivity contribution < 1.29 is 14.3 Å². The van der Waals surface area contributed by atoms with Crippen LogP contribution in [-0.2, 0) is 22.4 Å². The number of epoxide rings is 1. The molecule has 6 nitrogen and oxygen atoms in total. The first-order chi connectivity index (χ1) is 12.8. The van der Waals surface area contributed by atoms with Gasteiger partial charge in [0.2, 0.25) is 0 Å². The molecular formula is C20H24IN3O3. The van der Waals surface area contributed by atoms with Gasteiger partial charge in [0, 0.05) is 27.8 Å². The number of amides is 1. The van der Waals surface area contributed by atoms with E-state index < -0.39 is 5.60 Å². The number of hydrogen-bond donors (Lipinski definition) is 1. The number of carbonyl (C=O) groups excluding carboxylic acids is 1. The van der Waals surface area contributed by atoms with Crippen molar-refractivity contribution in [3.63, 3.8) is 0 Å². The lowest BCUT2D eigenvalue weighted by Gasteiger charge is -2.30. The van der Waals surface area contributed by atoms with Gasteiger partial charge in [0.1, 0.15) is 5.60 Å². The Balaban J connectivity index is 1.62. The molecule has 144 valence electrons. The lowest BCUT2D eigenvalue weighted by Crippen LogP contribution is -2.40. The van der Waals surface area contributed by atoms with E-state index in [1.807, 2.05) is 20.8 Å². The molecule has 2 atom stereocenters. The number of hydrogen-bond acceptors (Lipinski definition) is 4. The molecule has 1 saturated heterocycles. The minimum atomic E-state index is -0.498. The largest absolute Gasteiger partial charge is 0.444 e. The van der Waals surface area contributed by atoms with Crippen LogP contribution in [0.5, 0.6) is 0 Å². The summed E-state index contributed by atoms with van der Waals surface area (Å²) in [4.78, 5) is 14.3. The van der Waals surface area contributed by atoms with Crippen LogP contribution < -0.4 is 0 Å². The zero-order chi connectivity index (χ0) is 19.2. The maximum absolute atomic E-state index is 12.5. The molecule has 3 heterocycles. The van der Waals surface area contributed by atoms with Gasteiger partial charge in [-0.1, -0.05) is 12.1 Å². The second-order valence-electron chi connectivity index (χ2n) is 8.12. The van der Waals surface area contributed by atoms with Crippen molar-refractivity contribution in [3.05, 3.63) is 50.4 Å². The molecule has 7 heteroatoms. The number of carbonyl (C=O) groups is 1. The maximum Gasteiger partial charge on any atom is 0.410 e. The third-order valence-electron chi connectivity index (χ3n) is 4.87. The molecule has 1 fully saturated rings. The Kier molecular flexibility index (Phi) is 4.92. The molecule has 1 aromatic heterocycles. The zero-order valence-corrected chi connectivity index (χ0v) is 17.9. The smallest absolute Gasteiger partial charge is 0.410 e. The van der Waals surface area contributed by atoms with Crippen molar-refractivity contribution in [1.29, 1.82) is 0 Å². The van der Waals surface area contributed by atoms with Gasteiger partial charge in [-0.05, 0) is 61.1 Å². The average Bonchev–Trinajstić information content (AvgIpc) is 3.35. The van der Waals surface area contributed by atoms with Gasteiger partial charge in [-0.2, -0.15) is 5.10 Å². The Hall–Kier alpha value is -1.61. The molecular weight excluding hydrogens is 457 g/mol. The van der Waals surface area contributed by atoms with Crippen molar-refractivity contribution in [2.45, 2.75) is 51.4 Å². The molecule has 4 rings (SSSR count). The van der Waals surface area contributed by atoms with Crippen molar-refractivity contribution in [2.24, 2.45) is 0 Å². The minimum Gasteiger partial charge on any atom is -0.444 e. The van der Waals surface area contributed by atoms with Crippen LogP contribution in [-0.4, -0.2) is 46.0 Å². The Labute approximate surface area is 172 Å². The number of fused-ring (bicyclic) bond motifs is 1. The van der Waals surface area contributed by atoms with E-state index in [4.69, 9.17) is 9.47 Å². The summed E-state index contributed by atoms with van der Waals surface area (Å²) in [6.45, 7) is 7.57. The summed E-state index contributed by atoms with van der Waals surface area (Å²) < 4.78 is 12.4. The van der Waals surface area contributed by atoms with E-state index in [0.717, 1.165) is 30.0 Å². The Morgan fingerprint density at radius 1 is 1.37 bits per heavy atom. The van der Waals surface area contributed by atoms with Crippen LogP contribution in [0, 0.1) is 3.57 Å². The van der Waals surface area contributed by atoms with Gasteiger partial charge in [0.05, 0.1) is 30.9 Å². The Morgan fingerprint density at radius 3 is 2.70 bits per heavy atom. The number of aromatic amines is 1. The predicted octanol–water partition coefficient (Wildman–Crippen LogP) is 3.84. The SMILES string of the molecule is CC(C)(C)OC(=O)N1CCc2[nH]nc(C(c3ccc(I)cc3)C3CO3)c2C1. The molecule has 0 saturated carbocycles. The maximum atomic E-state index is 12.5. The van der Waals surface area contributed by atoms with Gasteiger partial charge in [-0.25, -0.2) is 4.79 Å². The van der Waals surface area contributed by atoms with Crippen molar-refractivity contribution in [2.75, 3.05) is 13.2 Å². The molecule has 2 aliphatic heterocycles. The predicted molar refractivity (Wildman–Crippen MR) is 110 cm³/mol. The molecule has 27 heavy (non-hydrogen) atoms. The first kappa shape index (κ1) is 18.7. The van der Waals surface area contributed by atoms with Crippen LogP contribution in [0.25, 0.3) is 0 Å². The number of H-pyrrole nitrogens is 1. The zero-order valence-electron chi connectivity index (χ0n) is 15.8. The molecule has 0 spiro atoms. The molecule has 0 bridgehead atoms. The second-order valence-corrected chi connectivity index (χ2v) is 9.36. The summed E-state index contributed by atoms with van der Waals surface area (Å²) in [5.41, 5.74) is 3.90. The van der Waals surface area contributed by atoms with Crippen LogP contribution in [0.1, 0.15) is 49.2 Å². The normalized spacial score (nSPS) is 20.1. The molecule has 1 N–H and O–H groups in total. The number of ether oxygens (including phenoxy) is 2. The van der Waals surface area contributed by atoms with Crippen LogP contribution in [0.4, 0.5) is 4.79 Å². The molecule has 2 aromatic rings.